The number of hydrogen-bond donors (Lipinski definition) is 1. The molecule has 4 heteroatoms. The van der Waals surface area contributed by atoms with Gasteiger partial charge in [-0.15, -0.1) is 0 Å². The van der Waals surface area contributed by atoms with E-state index < -0.39 is 0 Å². The van der Waals surface area contributed by atoms with Crippen molar-refractivity contribution in [2.45, 2.75) is 58.1 Å². The van der Waals surface area contributed by atoms with Gasteiger partial charge < -0.3 is 14.7 Å². The molecule has 2 aliphatic rings. The van der Waals surface area contributed by atoms with Crippen molar-refractivity contribution >= 4 is 5.91 Å². The standard InChI is InChI=1S/C20H29NO3/c1-14-10-15(2)12-16(11-14)5-6-20(23)21-8-3-4-18(21)17-13-24-9-7-19(17)22/h10-12,17-19,22H,3-9,13H2,1-2H3/t17-,18+,19+/m0/s1. The number of aliphatic hydroxyl groups excluding tert-OH is 1. The lowest BCUT2D eigenvalue weighted by Crippen LogP contribution is -2.48. The van der Waals surface area contributed by atoms with Gasteiger partial charge in [-0.05, 0) is 45.1 Å². The van der Waals surface area contributed by atoms with Crippen molar-refractivity contribution in [2.75, 3.05) is 19.8 Å². The molecule has 2 heterocycles. The van der Waals surface area contributed by atoms with E-state index in [4.69, 9.17) is 4.74 Å². The maximum atomic E-state index is 12.8. The quantitative estimate of drug-likeness (QED) is 0.923. The van der Waals surface area contributed by atoms with Gasteiger partial charge in [0, 0.05) is 31.5 Å². The van der Waals surface area contributed by atoms with Crippen LogP contribution in [0.4, 0.5) is 0 Å². The second-order valence-electron chi connectivity index (χ2n) is 7.39. The summed E-state index contributed by atoms with van der Waals surface area (Å²) in [5, 5.41) is 10.3. The molecular formula is C20H29NO3. The van der Waals surface area contributed by atoms with Crippen molar-refractivity contribution in [3.05, 3.63) is 34.9 Å². The molecule has 4 nitrogen and oxygen atoms in total. The minimum absolute atomic E-state index is 0.0754. The molecule has 1 aromatic rings. The first-order valence-electron chi connectivity index (χ1n) is 9.17. The van der Waals surface area contributed by atoms with Crippen LogP contribution in [0.15, 0.2) is 18.2 Å². The van der Waals surface area contributed by atoms with E-state index in [2.05, 4.69) is 32.0 Å². The van der Waals surface area contributed by atoms with Crippen LogP contribution in [0, 0.1) is 19.8 Å². The van der Waals surface area contributed by atoms with Crippen molar-refractivity contribution in [1.29, 1.82) is 0 Å². The molecule has 0 radical (unpaired) electrons. The molecule has 1 N–H and O–H groups in total. The Balaban J connectivity index is 1.61. The Kier molecular flexibility index (Phi) is 5.57. The fourth-order valence-electron chi connectivity index (χ4n) is 4.27. The maximum Gasteiger partial charge on any atom is 0.223 e. The highest BCUT2D eigenvalue weighted by atomic mass is 16.5. The zero-order valence-corrected chi connectivity index (χ0v) is 14.8. The van der Waals surface area contributed by atoms with Crippen LogP contribution in [0.2, 0.25) is 0 Å². The molecule has 0 aromatic heterocycles. The van der Waals surface area contributed by atoms with Crippen LogP contribution in [0.1, 0.15) is 42.4 Å². The minimum atomic E-state index is -0.337. The molecule has 1 amide bonds. The lowest BCUT2D eigenvalue weighted by atomic mass is 9.89. The number of amides is 1. The van der Waals surface area contributed by atoms with E-state index >= 15 is 0 Å². The van der Waals surface area contributed by atoms with Crippen molar-refractivity contribution < 1.29 is 14.6 Å². The zero-order chi connectivity index (χ0) is 17.1. The van der Waals surface area contributed by atoms with Crippen molar-refractivity contribution in [3.8, 4) is 0 Å². The number of nitrogens with zero attached hydrogens (tertiary/aromatic N) is 1. The van der Waals surface area contributed by atoms with Gasteiger partial charge in [-0.3, -0.25) is 4.79 Å². The number of ether oxygens (including phenoxy) is 1. The van der Waals surface area contributed by atoms with E-state index in [1.807, 2.05) is 4.90 Å². The SMILES string of the molecule is Cc1cc(C)cc(CCC(=O)N2CCC[C@@H]2[C@@H]2COCC[C@H]2O)c1. The normalized spacial score (nSPS) is 27.5. The Bertz CT molecular complexity index is 566. The predicted octanol–water partition coefficient (Wildman–Crippen LogP) is 2.62. The van der Waals surface area contributed by atoms with Crippen molar-refractivity contribution in [1.82, 2.24) is 4.90 Å². The van der Waals surface area contributed by atoms with E-state index in [1.54, 1.807) is 0 Å². The third-order valence-electron chi connectivity index (χ3n) is 5.39. The summed E-state index contributed by atoms with van der Waals surface area (Å²) in [6.45, 7) is 6.22. The van der Waals surface area contributed by atoms with E-state index in [1.165, 1.54) is 16.7 Å². The second kappa shape index (κ2) is 7.66. The van der Waals surface area contributed by atoms with Gasteiger partial charge >= 0.3 is 0 Å². The monoisotopic (exact) mass is 331 g/mol. The molecule has 0 saturated carbocycles. The lowest BCUT2D eigenvalue weighted by Gasteiger charge is -2.37. The van der Waals surface area contributed by atoms with Gasteiger partial charge in [0.05, 0.1) is 12.7 Å². The molecule has 2 fully saturated rings. The lowest BCUT2D eigenvalue weighted by molar-refractivity contribution is -0.136. The molecule has 2 aliphatic heterocycles. The third-order valence-corrected chi connectivity index (χ3v) is 5.39. The average Bonchev–Trinajstić information content (AvgIpc) is 3.01. The summed E-state index contributed by atoms with van der Waals surface area (Å²) in [6.07, 6.45) is 3.70. The molecule has 3 atom stereocenters. The zero-order valence-electron chi connectivity index (χ0n) is 14.8. The molecule has 0 unspecified atom stereocenters. The summed E-state index contributed by atoms with van der Waals surface area (Å²) in [7, 11) is 0. The maximum absolute atomic E-state index is 12.8. The number of aryl methyl sites for hydroxylation is 3. The topological polar surface area (TPSA) is 49.8 Å². The highest BCUT2D eigenvalue weighted by Gasteiger charge is 2.39. The van der Waals surface area contributed by atoms with E-state index in [9.17, 15) is 9.90 Å². The Hall–Kier alpha value is -1.39. The molecule has 1 aromatic carbocycles. The number of aliphatic hydroxyl groups is 1. The van der Waals surface area contributed by atoms with Gasteiger partial charge in [0.25, 0.3) is 0 Å². The van der Waals surface area contributed by atoms with E-state index in [0.717, 1.165) is 25.8 Å². The molecule has 2 saturated heterocycles. The summed E-state index contributed by atoms with van der Waals surface area (Å²) < 4.78 is 5.55. The number of carbonyl (C=O) groups excluding carboxylic acids is 1. The van der Waals surface area contributed by atoms with Crippen LogP contribution in [-0.4, -0.2) is 47.8 Å². The van der Waals surface area contributed by atoms with E-state index in [0.29, 0.717) is 26.1 Å². The van der Waals surface area contributed by atoms with Crippen LogP contribution in [-0.2, 0) is 16.0 Å². The fourth-order valence-corrected chi connectivity index (χ4v) is 4.27. The van der Waals surface area contributed by atoms with Crippen molar-refractivity contribution in [3.63, 3.8) is 0 Å². The van der Waals surface area contributed by atoms with Crippen LogP contribution in [0.5, 0.6) is 0 Å². The minimum Gasteiger partial charge on any atom is -0.393 e. The molecule has 0 aliphatic carbocycles. The first kappa shape index (κ1) is 17.4. The van der Waals surface area contributed by atoms with Crippen LogP contribution >= 0.6 is 0 Å². The molecule has 3 rings (SSSR count). The number of benzene rings is 1. The molecule has 0 spiro atoms. The van der Waals surface area contributed by atoms with Crippen molar-refractivity contribution in [2.24, 2.45) is 5.92 Å². The van der Waals surface area contributed by atoms with Gasteiger partial charge in [0.1, 0.15) is 0 Å². The Morgan fingerprint density at radius 2 is 2.00 bits per heavy atom. The van der Waals surface area contributed by atoms with E-state index in [-0.39, 0.29) is 24.0 Å². The first-order valence-corrected chi connectivity index (χ1v) is 9.17. The highest BCUT2D eigenvalue weighted by molar-refractivity contribution is 5.77. The molecule has 24 heavy (non-hydrogen) atoms. The summed E-state index contributed by atoms with van der Waals surface area (Å²) >= 11 is 0. The van der Waals surface area contributed by atoms with Crippen LogP contribution in [0.25, 0.3) is 0 Å². The smallest absolute Gasteiger partial charge is 0.223 e. The average molecular weight is 331 g/mol. The van der Waals surface area contributed by atoms with Gasteiger partial charge in [-0.1, -0.05) is 29.3 Å². The van der Waals surface area contributed by atoms with Gasteiger partial charge in [-0.2, -0.15) is 0 Å². The fraction of sp³-hybridized carbons (Fsp3) is 0.650. The number of hydrogen-bond acceptors (Lipinski definition) is 3. The van der Waals surface area contributed by atoms with Gasteiger partial charge in [0.2, 0.25) is 5.91 Å². The second-order valence-corrected chi connectivity index (χ2v) is 7.39. The first-order chi connectivity index (χ1) is 11.5. The Morgan fingerprint density at radius 1 is 1.25 bits per heavy atom. The molecule has 0 bridgehead atoms. The molecule has 132 valence electrons. The molecular weight excluding hydrogens is 302 g/mol. The Morgan fingerprint density at radius 3 is 2.71 bits per heavy atom. The van der Waals surface area contributed by atoms with Gasteiger partial charge in [0.15, 0.2) is 0 Å². The number of rotatable bonds is 4. The Labute approximate surface area is 144 Å². The summed E-state index contributed by atoms with van der Waals surface area (Å²) in [5.41, 5.74) is 3.73. The van der Waals surface area contributed by atoms with Gasteiger partial charge in [-0.25, -0.2) is 0 Å². The summed E-state index contributed by atoms with van der Waals surface area (Å²) in [5.74, 6) is 0.292. The highest BCUT2D eigenvalue weighted by Crippen LogP contribution is 2.30. The predicted molar refractivity (Wildman–Crippen MR) is 93.9 cm³/mol. The number of likely N-dealkylation sites (tertiary alicyclic amines) is 1. The number of carbonyl (C=O) groups is 1. The van der Waals surface area contributed by atoms with Crippen LogP contribution in [0.3, 0.4) is 0 Å². The largest absolute Gasteiger partial charge is 0.393 e. The third kappa shape index (κ3) is 3.98. The summed E-state index contributed by atoms with van der Waals surface area (Å²) in [4.78, 5) is 14.8. The van der Waals surface area contributed by atoms with Crippen LogP contribution < -0.4 is 0 Å². The summed E-state index contributed by atoms with van der Waals surface area (Å²) in [6, 6.07) is 6.64.